The smallest absolute Gasteiger partial charge is 0.0449 e. The lowest BCUT2D eigenvalue weighted by Gasteiger charge is -2.13. The third-order valence-corrected chi connectivity index (χ3v) is 3.05. The minimum Gasteiger partial charge on any atom is -0.398 e. The first-order chi connectivity index (χ1) is 8.08. The first-order valence-electron chi connectivity index (χ1n) is 5.46. The van der Waals surface area contributed by atoms with Gasteiger partial charge in [0.1, 0.15) is 0 Å². The van der Waals surface area contributed by atoms with Crippen molar-refractivity contribution in [1.29, 1.82) is 0 Å². The number of nitrogens with two attached hydrogens (primary N) is 1. The molecule has 3 heteroatoms. The zero-order valence-corrected chi connectivity index (χ0v) is 10.7. The SMILES string of the molecule is Cc1ccccc1Nc1cc(Cl)cc(N)c1C. The van der Waals surface area contributed by atoms with E-state index >= 15 is 0 Å². The topological polar surface area (TPSA) is 38.0 Å². The van der Waals surface area contributed by atoms with Crippen molar-refractivity contribution in [1.82, 2.24) is 0 Å². The molecule has 0 saturated carbocycles. The molecule has 0 spiro atoms. The monoisotopic (exact) mass is 246 g/mol. The fourth-order valence-corrected chi connectivity index (χ4v) is 1.91. The summed E-state index contributed by atoms with van der Waals surface area (Å²) in [6.07, 6.45) is 0. The van der Waals surface area contributed by atoms with Crippen LogP contribution in [0.15, 0.2) is 36.4 Å². The molecule has 0 aromatic heterocycles. The number of rotatable bonds is 2. The first-order valence-corrected chi connectivity index (χ1v) is 5.84. The summed E-state index contributed by atoms with van der Waals surface area (Å²) in [6.45, 7) is 4.04. The average Bonchev–Trinajstić information content (AvgIpc) is 2.28. The van der Waals surface area contributed by atoms with Gasteiger partial charge in [-0.25, -0.2) is 0 Å². The summed E-state index contributed by atoms with van der Waals surface area (Å²) in [6, 6.07) is 11.8. The Morgan fingerprint density at radius 1 is 1.06 bits per heavy atom. The molecular weight excluding hydrogens is 232 g/mol. The lowest BCUT2D eigenvalue weighted by molar-refractivity contribution is 1.39. The zero-order valence-electron chi connectivity index (χ0n) is 9.92. The van der Waals surface area contributed by atoms with Gasteiger partial charge in [-0.15, -0.1) is 0 Å². The molecule has 0 radical (unpaired) electrons. The maximum absolute atomic E-state index is 6.01. The summed E-state index contributed by atoms with van der Waals surface area (Å²) in [5, 5.41) is 4.00. The standard InChI is InChI=1S/C14H15ClN2/c1-9-5-3-4-6-13(9)17-14-8-11(15)7-12(16)10(14)2/h3-8,17H,16H2,1-2H3. The highest BCUT2D eigenvalue weighted by atomic mass is 35.5. The van der Waals surface area contributed by atoms with E-state index in [9.17, 15) is 0 Å². The van der Waals surface area contributed by atoms with E-state index in [1.807, 2.05) is 31.2 Å². The van der Waals surface area contributed by atoms with Gasteiger partial charge < -0.3 is 11.1 Å². The molecule has 0 saturated heterocycles. The van der Waals surface area contributed by atoms with Crippen LogP contribution in [0, 0.1) is 13.8 Å². The van der Waals surface area contributed by atoms with E-state index in [4.69, 9.17) is 17.3 Å². The van der Waals surface area contributed by atoms with Gasteiger partial charge in [0.2, 0.25) is 0 Å². The van der Waals surface area contributed by atoms with E-state index in [1.54, 1.807) is 6.07 Å². The van der Waals surface area contributed by atoms with Crippen molar-refractivity contribution in [2.45, 2.75) is 13.8 Å². The number of nitrogen functional groups attached to an aromatic ring is 1. The Balaban J connectivity index is 2.40. The summed E-state index contributed by atoms with van der Waals surface area (Å²) in [5.74, 6) is 0. The number of nitrogens with one attached hydrogen (secondary N) is 1. The van der Waals surface area contributed by atoms with Crippen LogP contribution in [0.5, 0.6) is 0 Å². The third kappa shape index (κ3) is 2.53. The number of hydrogen-bond donors (Lipinski definition) is 2. The summed E-state index contributed by atoms with van der Waals surface area (Å²) >= 11 is 6.01. The summed E-state index contributed by atoms with van der Waals surface area (Å²) in [7, 11) is 0. The van der Waals surface area contributed by atoms with Crippen molar-refractivity contribution >= 4 is 28.7 Å². The Bertz CT molecular complexity index is 550. The molecule has 17 heavy (non-hydrogen) atoms. The van der Waals surface area contributed by atoms with Gasteiger partial charge in [-0.05, 0) is 43.2 Å². The van der Waals surface area contributed by atoms with Gasteiger partial charge in [-0.2, -0.15) is 0 Å². The van der Waals surface area contributed by atoms with Gasteiger partial charge in [-0.3, -0.25) is 0 Å². The molecule has 0 unspecified atom stereocenters. The van der Waals surface area contributed by atoms with Gasteiger partial charge in [0.05, 0.1) is 0 Å². The highest BCUT2D eigenvalue weighted by molar-refractivity contribution is 6.31. The second-order valence-electron chi connectivity index (χ2n) is 4.11. The highest BCUT2D eigenvalue weighted by Gasteiger charge is 2.05. The molecule has 0 aliphatic carbocycles. The molecule has 2 rings (SSSR count). The van der Waals surface area contributed by atoms with Crippen molar-refractivity contribution < 1.29 is 0 Å². The summed E-state index contributed by atoms with van der Waals surface area (Å²) in [5.41, 5.74) is 10.8. The first kappa shape index (κ1) is 11.8. The molecule has 2 aromatic carbocycles. The van der Waals surface area contributed by atoms with Crippen LogP contribution in [-0.2, 0) is 0 Å². The summed E-state index contributed by atoms with van der Waals surface area (Å²) in [4.78, 5) is 0. The van der Waals surface area contributed by atoms with E-state index in [-0.39, 0.29) is 0 Å². The van der Waals surface area contributed by atoms with Gasteiger partial charge in [0.15, 0.2) is 0 Å². The van der Waals surface area contributed by atoms with Crippen LogP contribution in [-0.4, -0.2) is 0 Å². The van der Waals surface area contributed by atoms with Gasteiger partial charge >= 0.3 is 0 Å². The van der Waals surface area contributed by atoms with Crippen LogP contribution < -0.4 is 11.1 Å². The third-order valence-electron chi connectivity index (χ3n) is 2.83. The molecule has 88 valence electrons. The van der Waals surface area contributed by atoms with Crippen LogP contribution >= 0.6 is 11.6 Å². The fourth-order valence-electron chi connectivity index (χ4n) is 1.69. The lowest BCUT2D eigenvalue weighted by Crippen LogP contribution is -1.98. The molecule has 0 amide bonds. The Morgan fingerprint density at radius 3 is 2.47 bits per heavy atom. The second-order valence-corrected chi connectivity index (χ2v) is 4.54. The zero-order chi connectivity index (χ0) is 12.4. The Hall–Kier alpha value is -1.67. The molecule has 0 atom stereocenters. The van der Waals surface area contributed by atoms with E-state index in [0.29, 0.717) is 10.7 Å². The largest absolute Gasteiger partial charge is 0.398 e. The number of halogens is 1. The minimum atomic E-state index is 0.643. The molecule has 0 fully saturated rings. The van der Waals surface area contributed by atoms with E-state index < -0.39 is 0 Å². The van der Waals surface area contributed by atoms with Crippen molar-refractivity contribution in [3.8, 4) is 0 Å². The predicted molar refractivity (Wildman–Crippen MR) is 75.1 cm³/mol. The van der Waals surface area contributed by atoms with Crippen LogP contribution in [0.1, 0.15) is 11.1 Å². The molecule has 2 aromatic rings. The normalized spacial score (nSPS) is 10.3. The summed E-state index contributed by atoms with van der Waals surface area (Å²) < 4.78 is 0. The maximum Gasteiger partial charge on any atom is 0.0449 e. The van der Waals surface area contributed by atoms with Crippen LogP contribution in [0.25, 0.3) is 0 Å². The average molecular weight is 247 g/mol. The molecule has 0 aliphatic heterocycles. The Morgan fingerprint density at radius 2 is 1.76 bits per heavy atom. The number of aryl methyl sites for hydroxylation is 1. The van der Waals surface area contributed by atoms with Gasteiger partial charge in [0, 0.05) is 22.1 Å². The molecule has 0 heterocycles. The quantitative estimate of drug-likeness (QED) is 0.776. The number of para-hydroxylation sites is 1. The number of hydrogen-bond acceptors (Lipinski definition) is 2. The minimum absolute atomic E-state index is 0.643. The van der Waals surface area contributed by atoms with Crippen molar-refractivity contribution in [3.05, 3.63) is 52.5 Å². The molecular formula is C14H15ClN2. The highest BCUT2D eigenvalue weighted by Crippen LogP contribution is 2.29. The van der Waals surface area contributed by atoms with Crippen LogP contribution in [0.2, 0.25) is 5.02 Å². The lowest BCUT2D eigenvalue weighted by atomic mass is 10.1. The molecule has 2 nitrogen and oxygen atoms in total. The Labute approximate surface area is 106 Å². The second kappa shape index (κ2) is 4.68. The Kier molecular flexibility index (Phi) is 3.25. The molecule has 0 bridgehead atoms. The number of anilines is 3. The van der Waals surface area contributed by atoms with E-state index in [2.05, 4.69) is 18.3 Å². The number of benzene rings is 2. The van der Waals surface area contributed by atoms with Gasteiger partial charge in [0.25, 0.3) is 0 Å². The van der Waals surface area contributed by atoms with Crippen molar-refractivity contribution in [2.24, 2.45) is 0 Å². The van der Waals surface area contributed by atoms with E-state index in [1.165, 1.54) is 5.56 Å². The van der Waals surface area contributed by atoms with E-state index in [0.717, 1.165) is 16.9 Å². The fraction of sp³-hybridized carbons (Fsp3) is 0.143. The predicted octanol–water partition coefficient (Wildman–Crippen LogP) is 4.28. The van der Waals surface area contributed by atoms with Crippen LogP contribution in [0.3, 0.4) is 0 Å². The molecule has 3 N–H and O–H groups in total. The van der Waals surface area contributed by atoms with Gasteiger partial charge in [-0.1, -0.05) is 29.8 Å². The van der Waals surface area contributed by atoms with Crippen LogP contribution in [0.4, 0.5) is 17.1 Å². The maximum atomic E-state index is 6.01. The van der Waals surface area contributed by atoms with Crippen molar-refractivity contribution in [3.63, 3.8) is 0 Å². The molecule has 0 aliphatic rings. The van der Waals surface area contributed by atoms with Crippen molar-refractivity contribution in [2.75, 3.05) is 11.1 Å².